The predicted molar refractivity (Wildman–Crippen MR) is 221 cm³/mol. The molecule has 3 nitrogen and oxygen atoms in total. The van der Waals surface area contributed by atoms with Crippen LogP contribution in [0.4, 0.5) is 28.4 Å². The number of anilines is 5. The van der Waals surface area contributed by atoms with Gasteiger partial charge in [0.2, 0.25) is 0 Å². The molecule has 1 aliphatic rings. The molecule has 0 aliphatic heterocycles. The molecule has 0 bridgehead atoms. The Hall–Kier alpha value is -6.58. The van der Waals surface area contributed by atoms with E-state index in [9.17, 15) is 0 Å². The Kier molecular flexibility index (Phi) is 7.00. The van der Waals surface area contributed by atoms with Crippen molar-refractivity contribution in [2.24, 2.45) is 0 Å². The Labute approximate surface area is 303 Å². The van der Waals surface area contributed by atoms with Crippen LogP contribution in [0.15, 0.2) is 186 Å². The normalized spacial score (nSPS) is 13.3. The molecule has 0 N–H and O–H groups in total. The molecule has 8 aromatic carbocycles. The second-order valence-corrected chi connectivity index (χ2v) is 13.9. The van der Waals surface area contributed by atoms with Gasteiger partial charge in [-0.15, -0.1) is 0 Å². The summed E-state index contributed by atoms with van der Waals surface area (Å²) in [5.74, 6) is 0. The molecule has 1 aliphatic carbocycles. The smallest absolute Gasteiger partial charge is 0.137 e. The van der Waals surface area contributed by atoms with Gasteiger partial charge in [-0.25, -0.2) is 0 Å². The number of nitrogens with zero attached hydrogens (tertiary/aromatic N) is 2. The van der Waals surface area contributed by atoms with Crippen LogP contribution < -0.4 is 9.80 Å². The number of fused-ring (bicyclic) bond motifs is 3. The lowest BCUT2D eigenvalue weighted by atomic mass is 9.91. The van der Waals surface area contributed by atoms with Crippen molar-refractivity contribution in [3.05, 3.63) is 187 Å². The minimum absolute atomic E-state index is 0.843. The van der Waals surface area contributed by atoms with E-state index in [1.807, 2.05) is 12.1 Å². The lowest BCUT2D eigenvalue weighted by Gasteiger charge is -2.30. The third-order valence-corrected chi connectivity index (χ3v) is 10.6. The lowest BCUT2D eigenvalue weighted by molar-refractivity contribution is 0.669. The number of hydrogen-bond acceptors (Lipinski definition) is 3. The van der Waals surface area contributed by atoms with Gasteiger partial charge in [0, 0.05) is 56.8 Å². The molecule has 52 heavy (non-hydrogen) atoms. The van der Waals surface area contributed by atoms with Crippen molar-refractivity contribution < 1.29 is 4.42 Å². The molecule has 0 spiro atoms. The number of allylic oxidation sites excluding steroid dienone is 5. The fraction of sp³-hybridized carbons (Fsp3) is 0.0612. The van der Waals surface area contributed by atoms with Crippen molar-refractivity contribution >= 4 is 82.7 Å². The first-order chi connectivity index (χ1) is 25.6. The van der Waals surface area contributed by atoms with E-state index in [1.165, 1.54) is 54.8 Å². The van der Waals surface area contributed by atoms with Gasteiger partial charge in [0.05, 0.1) is 11.4 Å². The number of aryl methyl sites for hydroxylation is 1. The number of rotatable bonds is 6. The standard InChI is InChI=1S/C49H36N2O/c1-32-9-8-12-37(22-15-32)50(36-10-4-3-5-11-36)44-29-20-34-19-27-43-45(30-21-35-18-26-42(44)48(34)49(35)43)51(38-23-16-33(2)17-24-38)39-25-28-41-40-13-6-7-14-46(40)52-47(41)31-39/h3-11,13-31H,12H2,1-2H3. The average Bonchev–Trinajstić information content (AvgIpc) is 3.42. The molecule has 9 aromatic rings. The van der Waals surface area contributed by atoms with Gasteiger partial charge in [0.1, 0.15) is 11.2 Å². The van der Waals surface area contributed by atoms with Crippen molar-refractivity contribution in [2.45, 2.75) is 20.3 Å². The van der Waals surface area contributed by atoms with Crippen LogP contribution in [0.25, 0.3) is 54.3 Å². The van der Waals surface area contributed by atoms with Crippen LogP contribution in [0, 0.1) is 6.92 Å². The predicted octanol–water partition coefficient (Wildman–Crippen LogP) is 14.2. The highest BCUT2D eigenvalue weighted by atomic mass is 16.3. The Bertz CT molecular complexity index is 2890. The number of furan rings is 1. The quantitative estimate of drug-likeness (QED) is 0.164. The van der Waals surface area contributed by atoms with Crippen molar-refractivity contribution in [1.29, 1.82) is 0 Å². The molecule has 0 atom stereocenters. The third-order valence-electron chi connectivity index (χ3n) is 10.6. The summed E-state index contributed by atoms with van der Waals surface area (Å²) in [4.78, 5) is 4.82. The first-order valence-corrected chi connectivity index (χ1v) is 18.0. The molecule has 1 aromatic heterocycles. The van der Waals surface area contributed by atoms with Gasteiger partial charge in [-0.2, -0.15) is 0 Å². The Morgan fingerprint density at radius 3 is 1.83 bits per heavy atom. The molecule has 0 saturated heterocycles. The van der Waals surface area contributed by atoms with Crippen LogP contribution in [-0.2, 0) is 0 Å². The summed E-state index contributed by atoms with van der Waals surface area (Å²) in [6.45, 7) is 4.30. The van der Waals surface area contributed by atoms with Crippen molar-refractivity contribution in [3.8, 4) is 0 Å². The van der Waals surface area contributed by atoms with Gasteiger partial charge in [-0.3, -0.25) is 0 Å². The van der Waals surface area contributed by atoms with E-state index in [2.05, 4.69) is 181 Å². The van der Waals surface area contributed by atoms with E-state index >= 15 is 0 Å². The lowest BCUT2D eigenvalue weighted by Crippen LogP contribution is -2.16. The molecule has 248 valence electrons. The monoisotopic (exact) mass is 668 g/mol. The first kappa shape index (κ1) is 30.3. The van der Waals surface area contributed by atoms with E-state index in [1.54, 1.807) is 0 Å². The van der Waals surface area contributed by atoms with Crippen LogP contribution in [0.3, 0.4) is 0 Å². The van der Waals surface area contributed by atoms with Gasteiger partial charge >= 0.3 is 0 Å². The van der Waals surface area contributed by atoms with E-state index < -0.39 is 0 Å². The van der Waals surface area contributed by atoms with Crippen molar-refractivity contribution in [3.63, 3.8) is 0 Å². The molecule has 3 heteroatoms. The van der Waals surface area contributed by atoms with Gasteiger partial charge < -0.3 is 14.2 Å². The fourth-order valence-electron chi connectivity index (χ4n) is 8.05. The third kappa shape index (κ3) is 4.89. The van der Waals surface area contributed by atoms with Crippen LogP contribution in [0.2, 0.25) is 0 Å². The largest absolute Gasteiger partial charge is 0.456 e. The Morgan fingerprint density at radius 2 is 1.08 bits per heavy atom. The molecule has 0 saturated carbocycles. The molecular formula is C49H36N2O. The van der Waals surface area contributed by atoms with Crippen LogP contribution in [-0.4, -0.2) is 0 Å². The highest BCUT2D eigenvalue weighted by molar-refractivity contribution is 6.28. The van der Waals surface area contributed by atoms with E-state index in [4.69, 9.17) is 4.42 Å². The highest BCUT2D eigenvalue weighted by Gasteiger charge is 2.23. The maximum atomic E-state index is 6.41. The number of hydrogen-bond donors (Lipinski definition) is 0. The molecule has 0 amide bonds. The van der Waals surface area contributed by atoms with E-state index in [0.717, 1.165) is 51.1 Å². The summed E-state index contributed by atoms with van der Waals surface area (Å²) in [6.07, 6.45) is 9.82. The van der Waals surface area contributed by atoms with Gasteiger partial charge in [-0.05, 0) is 96.1 Å². The number of para-hydroxylation sites is 2. The van der Waals surface area contributed by atoms with E-state index in [0.29, 0.717) is 0 Å². The maximum Gasteiger partial charge on any atom is 0.137 e. The molecular weight excluding hydrogens is 633 g/mol. The fourth-order valence-corrected chi connectivity index (χ4v) is 8.05. The average molecular weight is 669 g/mol. The molecule has 1 heterocycles. The molecule has 0 radical (unpaired) electrons. The first-order valence-electron chi connectivity index (χ1n) is 18.0. The van der Waals surface area contributed by atoms with Crippen LogP contribution in [0.5, 0.6) is 0 Å². The second kappa shape index (κ2) is 12.0. The SMILES string of the molecule is CC1=CC=C(N(c2ccccc2)c2ccc3ccc4c(N(c5ccc(C)cc5)c5ccc6c(c5)oc5ccccc56)ccc5ccc2c3c54)CC=C1. The zero-order valence-electron chi connectivity index (χ0n) is 29.2. The van der Waals surface area contributed by atoms with Crippen molar-refractivity contribution in [2.75, 3.05) is 9.80 Å². The van der Waals surface area contributed by atoms with Crippen LogP contribution in [0.1, 0.15) is 18.9 Å². The molecule has 10 rings (SSSR count). The van der Waals surface area contributed by atoms with E-state index in [-0.39, 0.29) is 0 Å². The van der Waals surface area contributed by atoms with Crippen LogP contribution >= 0.6 is 0 Å². The summed E-state index contributed by atoms with van der Waals surface area (Å²) in [5, 5.41) is 9.72. The molecule has 0 fully saturated rings. The van der Waals surface area contributed by atoms with Gasteiger partial charge in [0.15, 0.2) is 0 Å². The minimum Gasteiger partial charge on any atom is -0.456 e. The summed E-state index contributed by atoms with van der Waals surface area (Å²) in [5.41, 5.74) is 11.1. The topological polar surface area (TPSA) is 19.6 Å². The summed E-state index contributed by atoms with van der Waals surface area (Å²) in [6, 6.07) is 52.8. The number of benzene rings is 8. The summed E-state index contributed by atoms with van der Waals surface area (Å²) < 4.78 is 6.41. The van der Waals surface area contributed by atoms with Gasteiger partial charge in [-0.1, -0.05) is 114 Å². The maximum absolute atomic E-state index is 6.41. The highest BCUT2D eigenvalue weighted by Crippen LogP contribution is 2.47. The zero-order valence-corrected chi connectivity index (χ0v) is 29.2. The Balaban J connectivity index is 1.22. The summed E-state index contributed by atoms with van der Waals surface area (Å²) in [7, 11) is 0. The second-order valence-electron chi connectivity index (χ2n) is 13.9. The van der Waals surface area contributed by atoms with Crippen molar-refractivity contribution in [1.82, 2.24) is 0 Å². The zero-order chi connectivity index (χ0) is 34.8. The molecule has 0 unspecified atom stereocenters. The summed E-state index contributed by atoms with van der Waals surface area (Å²) >= 11 is 0. The Morgan fingerprint density at radius 1 is 0.481 bits per heavy atom. The minimum atomic E-state index is 0.843. The van der Waals surface area contributed by atoms with Gasteiger partial charge in [0.25, 0.3) is 0 Å².